The van der Waals surface area contributed by atoms with Crippen molar-refractivity contribution in [2.24, 2.45) is 7.05 Å². The second kappa shape index (κ2) is 5.78. The molecule has 0 spiro atoms. The highest BCUT2D eigenvalue weighted by atomic mass is 35.5. The molecule has 21 heavy (non-hydrogen) atoms. The van der Waals surface area contributed by atoms with E-state index in [1.807, 2.05) is 6.92 Å². The van der Waals surface area contributed by atoms with Crippen LogP contribution in [0.25, 0.3) is 0 Å². The van der Waals surface area contributed by atoms with Gasteiger partial charge in [0.15, 0.2) is 0 Å². The number of sulfonamides is 1. The van der Waals surface area contributed by atoms with Crippen molar-refractivity contribution in [2.75, 3.05) is 7.05 Å². The normalized spacial score (nSPS) is 12.3. The Balaban J connectivity index is 2.32. The number of hydrogen-bond donors (Lipinski definition) is 0. The largest absolute Gasteiger partial charge is 0.271 e. The molecule has 0 amide bonds. The van der Waals surface area contributed by atoms with Crippen molar-refractivity contribution in [1.29, 1.82) is 0 Å². The van der Waals surface area contributed by atoms with Crippen LogP contribution < -0.4 is 0 Å². The maximum absolute atomic E-state index is 12.6. The molecule has 0 bridgehead atoms. The molecule has 0 saturated heterocycles. The molecule has 0 N–H and O–H groups in total. The fraction of sp³-hybridized carbons (Fsp3) is 0.500. The third-order valence-corrected chi connectivity index (χ3v) is 5.52. The molecule has 0 saturated carbocycles. The molecule has 116 valence electrons. The lowest BCUT2D eigenvalue weighted by Crippen LogP contribution is -2.27. The van der Waals surface area contributed by atoms with Crippen molar-refractivity contribution in [3.63, 3.8) is 0 Å². The summed E-state index contributed by atoms with van der Waals surface area (Å²) in [4.78, 5) is 0.213. The van der Waals surface area contributed by atoms with Crippen LogP contribution in [0.5, 0.6) is 0 Å². The van der Waals surface area contributed by atoms with Gasteiger partial charge in [-0.05, 0) is 13.8 Å². The second-order valence-electron chi connectivity index (χ2n) is 4.76. The van der Waals surface area contributed by atoms with Crippen LogP contribution >= 0.6 is 11.6 Å². The average molecular weight is 332 g/mol. The molecule has 9 heteroatoms. The van der Waals surface area contributed by atoms with E-state index in [0.29, 0.717) is 23.0 Å². The van der Waals surface area contributed by atoms with Crippen LogP contribution in [0, 0.1) is 6.92 Å². The van der Waals surface area contributed by atoms with E-state index in [0.717, 1.165) is 0 Å². The van der Waals surface area contributed by atoms with Crippen LogP contribution in [0.1, 0.15) is 18.3 Å². The molecule has 0 fully saturated rings. The molecule has 0 aliphatic rings. The summed E-state index contributed by atoms with van der Waals surface area (Å²) in [5.41, 5.74) is 1.13. The van der Waals surface area contributed by atoms with Gasteiger partial charge in [-0.2, -0.15) is 14.5 Å². The molecular formula is C12H18ClN5O2S. The Morgan fingerprint density at radius 3 is 2.57 bits per heavy atom. The summed E-state index contributed by atoms with van der Waals surface area (Å²) >= 11 is 6.02. The number of aryl methyl sites for hydroxylation is 3. The summed E-state index contributed by atoms with van der Waals surface area (Å²) in [6.45, 7) is 4.36. The number of halogens is 1. The Hall–Kier alpha value is -1.38. The summed E-state index contributed by atoms with van der Waals surface area (Å²) in [5.74, 6) is 0. The Morgan fingerprint density at radius 1 is 1.43 bits per heavy atom. The molecule has 0 atom stereocenters. The lowest BCUT2D eigenvalue weighted by molar-refractivity contribution is 0.452. The van der Waals surface area contributed by atoms with Gasteiger partial charge in [0.1, 0.15) is 4.90 Å². The average Bonchev–Trinajstić information content (AvgIpc) is 2.96. The first-order chi connectivity index (χ1) is 9.77. The van der Waals surface area contributed by atoms with E-state index in [2.05, 4.69) is 10.2 Å². The van der Waals surface area contributed by atoms with Gasteiger partial charge >= 0.3 is 0 Å². The van der Waals surface area contributed by atoms with E-state index in [4.69, 9.17) is 11.6 Å². The first-order valence-corrected chi connectivity index (χ1v) is 8.26. The molecule has 0 unspecified atom stereocenters. The first kappa shape index (κ1) is 16.0. The van der Waals surface area contributed by atoms with Gasteiger partial charge in [-0.1, -0.05) is 11.6 Å². The van der Waals surface area contributed by atoms with Crippen molar-refractivity contribution in [3.05, 3.63) is 28.8 Å². The Morgan fingerprint density at radius 2 is 2.10 bits per heavy atom. The predicted octanol–water partition coefficient (Wildman–Crippen LogP) is 1.42. The molecule has 2 aromatic rings. The third kappa shape index (κ3) is 2.97. The molecule has 0 aromatic carbocycles. The third-order valence-electron chi connectivity index (χ3n) is 3.30. The first-order valence-electron chi connectivity index (χ1n) is 6.44. The highest BCUT2D eigenvalue weighted by Gasteiger charge is 2.26. The van der Waals surface area contributed by atoms with Gasteiger partial charge in [0.2, 0.25) is 10.0 Å². The molecule has 2 rings (SSSR count). The minimum absolute atomic E-state index is 0.147. The Bertz CT molecular complexity index is 730. The van der Waals surface area contributed by atoms with Gasteiger partial charge in [0.05, 0.1) is 29.2 Å². The SMILES string of the molecule is CCn1cc(S(=O)(=O)N(C)Cc2c(Cl)cnn2C)c(C)n1. The van der Waals surface area contributed by atoms with Crippen molar-refractivity contribution < 1.29 is 8.42 Å². The lowest BCUT2D eigenvalue weighted by atomic mass is 10.4. The van der Waals surface area contributed by atoms with Crippen LogP contribution in [0.3, 0.4) is 0 Å². The van der Waals surface area contributed by atoms with E-state index >= 15 is 0 Å². The van der Waals surface area contributed by atoms with E-state index in [1.54, 1.807) is 29.5 Å². The standard InChI is InChI=1S/C12H18ClN5O2S/c1-5-18-8-12(9(2)15-18)21(19,20)16(3)7-11-10(13)6-14-17(11)4/h6,8H,5,7H2,1-4H3. The number of hydrogen-bond acceptors (Lipinski definition) is 4. The summed E-state index contributed by atoms with van der Waals surface area (Å²) in [6, 6.07) is 0. The van der Waals surface area contributed by atoms with Gasteiger partial charge in [0.25, 0.3) is 0 Å². The molecule has 0 radical (unpaired) electrons. The van der Waals surface area contributed by atoms with Crippen LogP contribution in [0.2, 0.25) is 5.02 Å². The second-order valence-corrected chi connectivity index (χ2v) is 7.18. The summed E-state index contributed by atoms with van der Waals surface area (Å²) < 4.78 is 29.7. The van der Waals surface area contributed by atoms with Crippen LogP contribution in [-0.4, -0.2) is 39.3 Å². The minimum Gasteiger partial charge on any atom is -0.271 e. The molecule has 0 aliphatic carbocycles. The zero-order chi connectivity index (χ0) is 15.8. The van der Waals surface area contributed by atoms with Gasteiger partial charge in [0, 0.05) is 26.8 Å². The smallest absolute Gasteiger partial charge is 0.246 e. The van der Waals surface area contributed by atoms with E-state index in [-0.39, 0.29) is 11.4 Å². The van der Waals surface area contributed by atoms with Gasteiger partial charge < -0.3 is 0 Å². The van der Waals surface area contributed by atoms with Gasteiger partial charge in [-0.3, -0.25) is 9.36 Å². The topological polar surface area (TPSA) is 73.0 Å². The monoisotopic (exact) mass is 331 g/mol. The van der Waals surface area contributed by atoms with E-state index < -0.39 is 10.0 Å². The Kier molecular flexibility index (Phi) is 4.40. The fourth-order valence-electron chi connectivity index (χ4n) is 1.99. The molecular weight excluding hydrogens is 314 g/mol. The highest BCUT2D eigenvalue weighted by Crippen LogP contribution is 2.22. The molecule has 2 aromatic heterocycles. The lowest BCUT2D eigenvalue weighted by Gasteiger charge is -2.17. The van der Waals surface area contributed by atoms with Crippen molar-refractivity contribution >= 4 is 21.6 Å². The molecule has 7 nitrogen and oxygen atoms in total. The van der Waals surface area contributed by atoms with Gasteiger partial charge in [-0.25, -0.2) is 8.42 Å². The van der Waals surface area contributed by atoms with Gasteiger partial charge in [-0.15, -0.1) is 0 Å². The number of aromatic nitrogens is 4. The number of nitrogens with zero attached hydrogens (tertiary/aromatic N) is 5. The fourth-order valence-corrected chi connectivity index (χ4v) is 3.52. The number of rotatable bonds is 5. The summed E-state index contributed by atoms with van der Waals surface area (Å²) in [6.07, 6.45) is 3.05. The predicted molar refractivity (Wildman–Crippen MR) is 79.5 cm³/mol. The quantitative estimate of drug-likeness (QED) is 0.830. The van der Waals surface area contributed by atoms with E-state index in [9.17, 15) is 8.42 Å². The van der Waals surface area contributed by atoms with Crippen molar-refractivity contribution in [2.45, 2.75) is 31.8 Å². The summed E-state index contributed by atoms with van der Waals surface area (Å²) in [7, 11) is -0.379. The minimum atomic E-state index is -3.62. The van der Waals surface area contributed by atoms with Crippen LogP contribution in [0.15, 0.2) is 17.3 Å². The zero-order valence-electron chi connectivity index (χ0n) is 12.4. The van der Waals surface area contributed by atoms with Crippen LogP contribution in [0.4, 0.5) is 0 Å². The van der Waals surface area contributed by atoms with Crippen molar-refractivity contribution in [3.8, 4) is 0 Å². The Labute approximate surface area is 129 Å². The maximum atomic E-state index is 12.6. The molecule has 2 heterocycles. The molecule has 0 aliphatic heterocycles. The van der Waals surface area contributed by atoms with E-state index in [1.165, 1.54) is 17.5 Å². The van der Waals surface area contributed by atoms with Crippen molar-refractivity contribution in [1.82, 2.24) is 23.9 Å². The summed E-state index contributed by atoms with van der Waals surface area (Å²) in [5, 5.41) is 8.63. The van der Waals surface area contributed by atoms with Crippen LogP contribution in [-0.2, 0) is 30.2 Å². The maximum Gasteiger partial charge on any atom is 0.246 e. The zero-order valence-corrected chi connectivity index (χ0v) is 14.0. The highest BCUT2D eigenvalue weighted by molar-refractivity contribution is 7.89.